The Morgan fingerprint density at radius 1 is 0.885 bits per heavy atom. The highest BCUT2D eigenvalue weighted by molar-refractivity contribution is 6.34. The van der Waals surface area contributed by atoms with Gasteiger partial charge in [-0.3, -0.25) is 10.2 Å². The third-order valence-electron chi connectivity index (χ3n) is 4.37. The molecule has 134 valence electrons. The average molecular weight is 390 g/mol. The zero-order valence-electron chi connectivity index (χ0n) is 14.2. The summed E-state index contributed by atoms with van der Waals surface area (Å²) in [5.41, 5.74) is 3.07. The lowest BCUT2D eigenvalue weighted by molar-refractivity contribution is 0.356. The number of fused-ring (bicyclic) bond motifs is 3. The number of methoxy groups -OCH3 is 2. The maximum Gasteiger partial charge on any atom is 0.161 e. The van der Waals surface area contributed by atoms with E-state index in [-0.39, 0.29) is 0 Å². The summed E-state index contributed by atoms with van der Waals surface area (Å²) in [6, 6.07) is 11.6. The van der Waals surface area contributed by atoms with Gasteiger partial charge in [-0.05, 0) is 47.3 Å². The fourth-order valence-electron chi connectivity index (χ4n) is 3.17. The Morgan fingerprint density at radius 3 is 2.27 bits per heavy atom. The molecule has 2 aliphatic rings. The smallest absolute Gasteiger partial charge is 0.161 e. The number of ether oxygens (including phenoxy) is 2. The lowest BCUT2D eigenvalue weighted by Crippen LogP contribution is -2.00. The Balaban J connectivity index is 1.66. The van der Waals surface area contributed by atoms with Crippen LogP contribution >= 0.6 is 23.2 Å². The van der Waals surface area contributed by atoms with Crippen molar-refractivity contribution in [2.24, 2.45) is 0 Å². The number of aromatic nitrogens is 2. The van der Waals surface area contributed by atoms with Crippen LogP contribution in [0.3, 0.4) is 0 Å². The molecular formula is C19H17Cl2N3O2. The third-order valence-corrected chi connectivity index (χ3v) is 4.80. The molecule has 0 unspecified atom stereocenters. The van der Waals surface area contributed by atoms with Crippen molar-refractivity contribution in [2.45, 2.75) is 6.54 Å². The quantitative estimate of drug-likeness (QED) is 0.420. The van der Waals surface area contributed by atoms with Gasteiger partial charge in [-0.25, -0.2) is 0 Å². The number of nitrogens with one attached hydrogen (secondary N) is 3. The number of hydrogen-bond donors (Lipinski definition) is 3. The maximum atomic E-state index is 6.07. The van der Waals surface area contributed by atoms with E-state index < -0.39 is 0 Å². The number of hydrogen-bond acceptors (Lipinski definition) is 3. The molecule has 2 aromatic carbocycles. The molecule has 5 nitrogen and oxygen atoms in total. The van der Waals surface area contributed by atoms with Gasteiger partial charge in [-0.15, -0.1) is 0 Å². The van der Waals surface area contributed by atoms with Crippen LogP contribution < -0.4 is 14.8 Å². The van der Waals surface area contributed by atoms with Crippen molar-refractivity contribution in [3.63, 3.8) is 0 Å². The van der Waals surface area contributed by atoms with Gasteiger partial charge in [0.2, 0.25) is 0 Å². The molecule has 1 heterocycles. The number of H-pyrrole nitrogens is 2. The van der Waals surface area contributed by atoms with E-state index >= 15 is 0 Å². The van der Waals surface area contributed by atoms with Gasteiger partial charge in [0.1, 0.15) is 5.82 Å². The van der Waals surface area contributed by atoms with Crippen LogP contribution in [0, 0.1) is 0 Å². The third kappa shape index (κ3) is 2.93. The minimum atomic E-state index is 0.595. The summed E-state index contributed by atoms with van der Waals surface area (Å²) >= 11 is 12.1. The molecule has 1 aliphatic heterocycles. The molecule has 0 saturated carbocycles. The van der Waals surface area contributed by atoms with E-state index in [9.17, 15) is 0 Å². The maximum absolute atomic E-state index is 6.07. The summed E-state index contributed by atoms with van der Waals surface area (Å²) in [7, 11) is 3.27. The topological polar surface area (TPSA) is 62.1 Å². The SMILES string of the molecule is COc1cc2cc3c(NCc4cc(Cl)cc(Cl)c4)[nH][nH]c-3c2cc1OC. The van der Waals surface area contributed by atoms with Crippen LogP contribution in [0.15, 0.2) is 36.4 Å². The molecule has 0 amide bonds. The van der Waals surface area contributed by atoms with Gasteiger partial charge >= 0.3 is 0 Å². The van der Waals surface area contributed by atoms with E-state index in [0.29, 0.717) is 28.1 Å². The molecule has 3 N–H and O–H groups in total. The first kappa shape index (κ1) is 16.9. The number of halogens is 2. The molecule has 4 rings (SSSR count). The largest absolute Gasteiger partial charge is 0.493 e. The lowest BCUT2D eigenvalue weighted by Gasteiger charge is -2.07. The highest BCUT2D eigenvalue weighted by Crippen LogP contribution is 2.42. The zero-order chi connectivity index (χ0) is 18.3. The predicted molar refractivity (Wildman–Crippen MR) is 106 cm³/mol. The lowest BCUT2D eigenvalue weighted by atomic mass is 10.2. The van der Waals surface area contributed by atoms with Gasteiger partial charge in [0.15, 0.2) is 11.5 Å². The summed E-state index contributed by atoms with van der Waals surface area (Å²) in [6.07, 6.45) is 0. The van der Waals surface area contributed by atoms with Crippen molar-refractivity contribution >= 4 is 39.8 Å². The summed E-state index contributed by atoms with van der Waals surface area (Å²) in [5, 5.41) is 13.2. The van der Waals surface area contributed by atoms with Crippen LogP contribution in [0.5, 0.6) is 11.5 Å². The number of benzene rings is 2. The number of anilines is 1. The molecule has 0 spiro atoms. The molecule has 7 heteroatoms. The first-order valence-electron chi connectivity index (χ1n) is 8.02. The monoisotopic (exact) mass is 389 g/mol. The first-order chi connectivity index (χ1) is 12.6. The van der Waals surface area contributed by atoms with Crippen molar-refractivity contribution in [3.05, 3.63) is 52.0 Å². The average Bonchev–Trinajstić information content (AvgIpc) is 3.16. The Hall–Kier alpha value is -2.50. The summed E-state index contributed by atoms with van der Waals surface area (Å²) < 4.78 is 10.8. The second-order valence-electron chi connectivity index (χ2n) is 5.98. The van der Waals surface area contributed by atoms with Crippen LogP contribution in [-0.2, 0) is 6.54 Å². The van der Waals surface area contributed by atoms with E-state index in [1.807, 2.05) is 24.3 Å². The van der Waals surface area contributed by atoms with Gasteiger partial charge < -0.3 is 14.8 Å². The molecule has 1 aliphatic carbocycles. The number of aromatic amines is 2. The van der Waals surface area contributed by atoms with Crippen molar-refractivity contribution in [3.8, 4) is 22.8 Å². The van der Waals surface area contributed by atoms with Crippen molar-refractivity contribution in [1.29, 1.82) is 0 Å². The second kappa shape index (κ2) is 6.67. The normalized spacial score (nSPS) is 11.2. The fraction of sp³-hybridized carbons (Fsp3) is 0.158. The van der Waals surface area contributed by atoms with Crippen LogP contribution in [-0.4, -0.2) is 24.4 Å². The minimum Gasteiger partial charge on any atom is -0.493 e. The molecule has 0 radical (unpaired) electrons. The molecule has 0 bridgehead atoms. The summed E-state index contributed by atoms with van der Waals surface area (Å²) in [6.45, 7) is 0.595. The summed E-state index contributed by atoms with van der Waals surface area (Å²) in [5.74, 6) is 2.30. The van der Waals surface area contributed by atoms with Gasteiger partial charge in [0, 0.05) is 27.5 Å². The van der Waals surface area contributed by atoms with Crippen LogP contribution in [0.1, 0.15) is 5.56 Å². The van der Waals surface area contributed by atoms with Gasteiger partial charge in [-0.1, -0.05) is 23.2 Å². The predicted octanol–water partition coefficient (Wildman–Crippen LogP) is 5.54. The Kier molecular flexibility index (Phi) is 4.34. The molecule has 0 saturated heterocycles. The van der Waals surface area contributed by atoms with Gasteiger partial charge in [-0.2, -0.15) is 0 Å². The highest BCUT2D eigenvalue weighted by atomic mass is 35.5. The van der Waals surface area contributed by atoms with Crippen LogP contribution in [0.25, 0.3) is 22.0 Å². The molecule has 0 aromatic heterocycles. The van der Waals surface area contributed by atoms with E-state index in [1.165, 1.54) is 0 Å². The van der Waals surface area contributed by atoms with E-state index in [1.54, 1.807) is 20.3 Å². The Morgan fingerprint density at radius 2 is 1.58 bits per heavy atom. The first-order valence-corrected chi connectivity index (χ1v) is 8.78. The van der Waals surface area contributed by atoms with Crippen molar-refractivity contribution < 1.29 is 9.47 Å². The molecular weight excluding hydrogens is 373 g/mol. The van der Waals surface area contributed by atoms with E-state index in [2.05, 4.69) is 21.6 Å². The Bertz CT molecular complexity index is 1030. The van der Waals surface area contributed by atoms with Gasteiger partial charge in [0.25, 0.3) is 0 Å². The molecule has 0 atom stereocenters. The summed E-state index contributed by atoms with van der Waals surface area (Å²) in [4.78, 5) is 0. The second-order valence-corrected chi connectivity index (χ2v) is 6.86. The number of rotatable bonds is 5. The van der Waals surface area contributed by atoms with E-state index in [0.717, 1.165) is 33.4 Å². The highest BCUT2D eigenvalue weighted by Gasteiger charge is 2.19. The Labute approximate surface area is 160 Å². The fourth-order valence-corrected chi connectivity index (χ4v) is 3.74. The van der Waals surface area contributed by atoms with Crippen LogP contribution in [0.4, 0.5) is 5.82 Å². The van der Waals surface area contributed by atoms with Crippen molar-refractivity contribution in [2.75, 3.05) is 19.5 Å². The minimum absolute atomic E-state index is 0.595. The van der Waals surface area contributed by atoms with Crippen LogP contribution in [0.2, 0.25) is 10.0 Å². The van der Waals surface area contributed by atoms with E-state index in [4.69, 9.17) is 32.7 Å². The standard InChI is InChI=1S/C19H17Cl2N3O2/c1-25-16-6-11-5-15-18(14(11)8-17(16)26-2)23-24-19(15)22-9-10-3-12(20)7-13(21)4-10/h3-8,22-24H,9H2,1-2H3. The van der Waals surface area contributed by atoms with Crippen molar-refractivity contribution in [1.82, 2.24) is 10.2 Å². The molecule has 2 aromatic rings. The molecule has 26 heavy (non-hydrogen) atoms. The van der Waals surface area contributed by atoms with Gasteiger partial charge in [0.05, 0.1) is 19.9 Å². The zero-order valence-corrected chi connectivity index (χ0v) is 15.8. The molecule has 0 fully saturated rings.